The van der Waals surface area contributed by atoms with Crippen LogP contribution in [0.1, 0.15) is 36.1 Å². The van der Waals surface area contributed by atoms with Crippen molar-refractivity contribution in [2.45, 2.75) is 44.7 Å². The molecule has 1 aromatic carbocycles. The van der Waals surface area contributed by atoms with Crippen molar-refractivity contribution in [3.05, 3.63) is 58.3 Å². The van der Waals surface area contributed by atoms with Crippen molar-refractivity contribution in [1.82, 2.24) is 15.5 Å². The standard InChI is InChI=1S/C21H27N3OS2/c25-20(22-13-12-17-7-2-1-3-8-17)15-23-21(26)24(18-9-4-5-10-18)16-19-11-6-14-27-19/h1-3,6-8,11,14,18H,4-5,9-10,12-13,15-16H2,(H,22,25)(H,23,26). The molecule has 0 saturated heterocycles. The fourth-order valence-corrected chi connectivity index (χ4v) is 4.45. The van der Waals surface area contributed by atoms with E-state index in [1.165, 1.54) is 36.1 Å². The third kappa shape index (κ3) is 6.33. The summed E-state index contributed by atoms with van der Waals surface area (Å²) in [6, 6.07) is 14.9. The minimum absolute atomic E-state index is 0.0178. The van der Waals surface area contributed by atoms with E-state index in [1.807, 2.05) is 18.2 Å². The van der Waals surface area contributed by atoms with Gasteiger partial charge in [0.15, 0.2) is 5.11 Å². The monoisotopic (exact) mass is 401 g/mol. The lowest BCUT2D eigenvalue weighted by Gasteiger charge is -2.31. The molecule has 0 unspecified atom stereocenters. The van der Waals surface area contributed by atoms with Crippen molar-refractivity contribution >= 4 is 34.6 Å². The molecule has 1 saturated carbocycles. The summed E-state index contributed by atoms with van der Waals surface area (Å²) in [7, 11) is 0. The summed E-state index contributed by atoms with van der Waals surface area (Å²) in [5.74, 6) is -0.0178. The van der Waals surface area contributed by atoms with Gasteiger partial charge < -0.3 is 15.5 Å². The Bertz CT molecular complexity index is 712. The molecule has 0 spiro atoms. The van der Waals surface area contributed by atoms with Gasteiger partial charge in [0.25, 0.3) is 0 Å². The molecule has 3 rings (SSSR count). The Morgan fingerprint density at radius 1 is 1.11 bits per heavy atom. The molecule has 144 valence electrons. The quantitative estimate of drug-likeness (QED) is 0.662. The topological polar surface area (TPSA) is 44.4 Å². The van der Waals surface area contributed by atoms with E-state index in [0.29, 0.717) is 17.7 Å². The van der Waals surface area contributed by atoms with Crippen LogP contribution in [-0.4, -0.2) is 35.1 Å². The molecule has 1 aliphatic carbocycles. The van der Waals surface area contributed by atoms with E-state index >= 15 is 0 Å². The number of rotatable bonds is 8. The van der Waals surface area contributed by atoms with Crippen molar-refractivity contribution in [1.29, 1.82) is 0 Å². The van der Waals surface area contributed by atoms with Crippen LogP contribution in [0.5, 0.6) is 0 Å². The molecule has 1 amide bonds. The Morgan fingerprint density at radius 3 is 2.59 bits per heavy atom. The maximum atomic E-state index is 12.1. The van der Waals surface area contributed by atoms with Crippen LogP contribution in [0.4, 0.5) is 0 Å². The molecule has 0 atom stereocenters. The zero-order chi connectivity index (χ0) is 18.9. The number of hydrogen-bond donors (Lipinski definition) is 2. The number of carbonyl (C=O) groups is 1. The molecule has 1 fully saturated rings. The van der Waals surface area contributed by atoms with Crippen LogP contribution in [0.2, 0.25) is 0 Å². The average molecular weight is 402 g/mol. The Morgan fingerprint density at radius 2 is 1.89 bits per heavy atom. The van der Waals surface area contributed by atoms with Gasteiger partial charge in [0.1, 0.15) is 0 Å². The zero-order valence-corrected chi connectivity index (χ0v) is 17.2. The van der Waals surface area contributed by atoms with Gasteiger partial charge in [0.05, 0.1) is 13.1 Å². The average Bonchev–Trinajstić information content (AvgIpc) is 3.39. The SMILES string of the molecule is O=C(CNC(=S)N(Cc1cccs1)C1CCCC1)NCCc1ccccc1. The summed E-state index contributed by atoms with van der Waals surface area (Å²) in [6.45, 7) is 1.68. The van der Waals surface area contributed by atoms with Gasteiger partial charge in [0.2, 0.25) is 5.91 Å². The van der Waals surface area contributed by atoms with Gasteiger partial charge in [0, 0.05) is 17.5 Å². The van der Waals surface area contributed by atoms with Crippen molar-refractivity contribution in [2.75, 3.05) is 13.1 Å². The number of carbonyl (C=O) groups excluding carboxylic acids is 1. The van der Waals surface area contributed by atoms with Crippen LogP contribution in [-0.2, 0) is 17.8 Å². The third-order valence-electron chi connectivity index (χ3n) is 4.91. The molecular formula is C21H27N3OS2. The number of thiophene rings is 1. The lowest BCUT2D eigenvalue weighted by molar-refractivity contribution is -0.120. The van der Waals surface area contributed by atoms with E-state index in [-0.39, 0.29) is 12.5 Å². The second-order valence-corrected chi connectivity index (χ2v) is 8.31. The van der Waals surface area contributed by atoms with Crippen LogP contribution in [0.3, 0.4) is 0 Å². The van der Waals surface area contributed by atoms with Crippen LogP contribution in [0, 0.1) is 0 Å². The van der Waals surface area contributed by atoms with E-state index in [9.17, 15) is 4.79 Å². The first-order valence-corrected chi connectivity index (χ1v) is 10.9. The molecule has 4 nitrogen and oxygen atoms in total. The first-order valence-electron chi connectivity index (χ1n) is 9.60. The molecule has 2 N–H and O–H groups in total. The maximum absolute atomic E-state index is 12.1. The molecule has 27 heavy (non-hydrogen) atoms. The van der Waals surface area contributed by atoms with E-state index in [1.54, 1.807) is 11.3 Å². The zero-order valence-electron chi connectivity index (χ0n) is 15.5. The van der Waals surface area contributed by atoms with Crippen LogP contribution in [0.15, 0.2) is 47.8 Å². The molecule has 1 aliphatic rings. The number of amides is 1. The highest BCUT2D eigenvalue weighted by Gasteiger charge is 2.25. The highest BCUT2D eigenvalue weighted by molar-refractivity contribution is 7.80. The van der Waals surface area contributed by atoms with Gasteiger partial charge in [-0.15, -0.1) is 11.3 Å². The molecule has 0 bridgehead atoms. The number of hydrogen-bond acceptors (Lipinski definition) is 3. The third-order valence-corrected chi connectivity index (χ3v) is 6.15. The first kappa shape index (κ1) is 19.8. The Balaban J connectivity index is 1.44. The van der Waals surface area contributed by atoms with E-state index in [2.05, 4.69) is 45.2 Å². The highest BCUT2D eigenvalue weighted by atomic mass is 32.1. The van der Waals surface area contributed by atoms with Crippen molar-refractivity contribution in [3.63, 3.8) is 0 Å². The minimum atomic E-state index is -0.0178. The second-order valence-electron chi connectivity index (χ2n) is 6.89. The van der Waals surface area contributed by atoms with Crippen LogP contribution in [0.25, 0.3) is 0 Å². The molecule has 1 aromatic heterocycles. The Hall–Kier alpha value is -1.92. The predicted molar refractivity (Wildman–Crippen MR) is 116 cm³/mol. The van der Waals surface area contributed by atoms with Crippen LogP contribution >= 0.6 is 23.6 Å². The molecular weight excluding hydrogens is 374 g/mol. The summed E-state index contributed by atoms with van der Waals surface area (Å²) in [6.07, 6.45) is 5.71. The van der Waals surface area contributed by atoms with Gasteiger partial charge in [-0.2, -0.15) is 0 Å². The predicted octanol–water partition coefficient (Wildman–Crippen LogP) is 3.73. The van der Waals surface area contributed by atoms with E-state index in [4.69, 9.17) is 12.2 Å². The largest absolute Gasteiger partial charge is 0.354 e. The smallest absolute Gasteiger partial charge is 0.239 e. The fourth-order valence-electron chi connectivity index (χ4n) is 3.46. The molecule has 2 aromatic rings. The summed E-state index contributed by atoms with van der Waals surface area (Å²) in [4.78, 5) is 15.7. The molecule has 0 aliphatic heterocycles. The molecule has 6 heteroatoms. The van der Waals surface area contributed by atoms with Crippen molar-refractivity contribution in [3.8, 4) is 0 Å². The van der Waals surface area contributed by atoms with Crippen LogP contribution < -0.4 is 10.6 Å². The normalized spacial score (nSPS) is 14.1. The number of nitrogens with one attached hydrogen (secondary N) is 2. The number of benzene rings is 1. The van der Waals surface area contributed by atoms with E-state index < -0.39 is 0 Å². The lowest BCUT2D eigenvalue weighted by atomic mass is 10.1. The van der Waals surface area contributed by atoms with Gasteiger partial charge >= 0.3 is 0 Å². The lowest BCUT2D eigenvalue weighted by Crippen LogP contribution is -2.47. The Kier molecular flexibility index (Phi) is 7.66. The second kappa shape index (κ2) is 10.4. The summed E-state index contributed by atoms with van der Waals surface area (Å²) in [5, 5.41) is 8.92. The molecule has 1 heterocycles. The van der Waals surface area contributed by atoms with Gasteiger partial charge in [-0.3, -0.25) is 4.79 Å². The first-order chi connectivity index (χ1) is 13.2. The molecule has 0 radical (unpaired) electrons. The summed E-state index contributed by atoms with van der Waals surface area (Å²) >= 11 is 7.38. The summed E-state index contributed by atoms with van der Waals surface area (Å²) in [5.41, 5.74) is 1.23. The fraction of sp³-hybridized carbons (Fsp3) is 0.429. The van der Waals surface area contributed by atoms with Crippen molar-refractivity contribution < 1.29 is 4.79 Å². The maximum Gasteiger partial charge on any atom is 0.239 e. The number of nitrogens with zero attached hydrogens (tertiary/aromatic N) is 1. The Labute approximate surface area is 171 Å². The van der Waals surface area contributed by atoms with Crippen molar-refractivity contribution in [2.24, 2.45) is 0 Å². The van der Waals surface area contributed by atoms with Gasteiger partial charge in [-0.05, 0) is 48.5 Å². The summed E-state index contributed by atoms with van der Waals surface area (Å²) < 4.78 is 0. The van der Waals surface area contributed by atoms with Gasteiger partial charge in [-0.25, -0.2) is 0 Å². The van der Waals surface area contributed by atoms with Gasteiger partial charge in [-0.1, -0.05) is 49.2 Å². The van der Waals surface area contributed by atoms with E-state index in [0.717, 1.165) is 13.0 Å². The number of thiocarbonyl (C=S) groups is 1. The highest BCUT2D eigenvalue weighted by Crippen LogP contribution is 2.26. The minimum Gasteiger partial charge on any atom is -0.354 e.